The van der Waals surface area contributed by atoms with E-state index < -0.39 is 0 Å². The number of hydrogen-bond acceptors (Lipinski definition) is 4. The average molecular weight is 347 g/mol. The van der Waals surface area contributed by atoms with Crippen molar-refractivity contribution in [3.63, 3.8) is 0 Å². The van der Waals surface area contributed by atoms with Crippen LogP contribution in [0, 0.1) is 5.82 Å². The number of hydrogen-bond donors (Lipinski definition) is 1. The molecule has 0 bridgehead atoms. The van der Waals surface area contributed by atoms with Gasteiger partial charge in [-0.1, -0.05) is 0 Å². The summed E-state index contributed by atoms with van der Waals surface area (Å²) < 4.78 is 12.8. The molecule has 0 unspecified atom stereocenters. The number of halogens is 1. The number of benzene rings is 1. The summed E-state index contributed by atoms with van der Waals surface area (Å²) in [5.74, 6) is -0.426. The largest absolute Gasteiger partial charge is 0.336 e. The summed E-state index contributed by atoms with van der Waals surface area (Å²) in [7, 11) is 0. The molecule has 2 aromatic rings. The first-order valence-electron chi connectivity index (χ1n) is 7.71. The van der Waals surface area contributed by atoms with Gasteiger partial charge in [-0.3, -0.25) is 14.5 Å². The fourth-order valence-electron chi connectivity index (χ4n) is 2.61. The smallest absolute Gasteiger partial charge is 0.254 e. The SMILES string of the molecule is O=C(CN1CCN(C(=O)c2ccsc2)CC1)Nc1ccc(F)cc1. The van der Waals surface area contributed by atoms with Crippen molar-refractivity contribution in [2.75, 3.05) is 38.0 Å². The van der Waals surface area contributed by atoms with Gasteiger partial charge in [0.1, 0.15) is 5.82 Å². The van der Waals surface area contributed by atoms with Gasteiger partial charge in [-0.2, -0.15) is 11.3 Å². The van der Waals surface area contributed by atoms with Crippen LogP contribution in [-0.2, 0) is 4.79 Å². The summed E-state index contributed by atoms with van der Waals surface area (Å²) in [6.45, 7) is 2.80. The Kier molecular flexibility index (Phi) is 5.22. The highest BCUT2D eigenvalue weighted by Gasteiger charge is 2.23. The van der Waals surface area contributed by atoms with Crippen molar-refractivity contribution >= 4 is 28.8 Å². The highest BCUT2D eigenvalue weighted by Crippen LogP contribution is 2.12. The lowest BCUT2D eigenvalue weighted by Gasteiger charge is -2.34. The molecule has 2 heterocycles. The molecule has 7 heteroatoms. The van der Waals surface area contributed by atoms with Crippen LogP contribution in [0.1, 0.15) is 10.4 Å². The third-order valence-corrected chi connectivity index (χ3v) is 4.61. The van der Waals surface area contributed by atoms with Gasteiger partial charge in [0.05, 0.1) is 12.1 Å². The van der Waals surface area contributed by atoms with E-state index in [0.29, 0.717) is 31.9 Å². The number of carbonyl (C=O) groups is 2. The second kappa shape index (κ2) is 7.55. The first-order chi connectivity index (χ1) is 11.6. The van der Waals surface area contributed by atoms with Crippen molar-refractivity contribution < 1.29 is 14.0 Å². The van der Waals surface area contributed by atoms with Gasteiger partial charge in [0.2, 0.25) is 5.91 Å². The molecule has 1 aromatic carbocycles. The van der Waals surface area contributed by atoms with Crippen LogP contribution in [0.25, 0.3) is 0 Å². The number of carbonyl (C=O) groups excluding carboxylic acids is 2. The minimum absolute atomic E-state index is 0.0478. The van der Waals surface area contributed by atoms with Crippen LogP contribution in [0.4, 0.5) is 10.1 Å². The Labute approximate surface area is 143 Å². The van der Waals surface area contributed by atoms with Crippen LogP contribution in [0.15, 0.2) is 41.1 Å². The van der Waals surface area contributed by atoms with Gasteiger partial charge in [-0.05, 0) is 35.7 Å². The average Bonchev–Trinajstić information content (AvgIpc) is 3.11. The maximum Gasteiger partial charge on any atom is 0.254 e. The summed E-state index contributed by atoms with van der Waals surface area (Å²) in [6.07, 6.45) is 0. The monoisotopic (exact) mass is 347 g/mol. The molecule has 1 N–H and O–H groups in total. The van der Waals surface area contributed by atoms with Crippen LogP contribution >= 0.6 is 11.3 Å². The van der Waals surface area contributed by atoms with E-state index in [2.05, 4.69) is 5.32 Å². The molecule has 1 aromatic heterocycles. The molecule has 126 valence electrons. The number of anilines is 1. The summed E-state index contributed by atoms with van der Waals surface area (Å²) >= 11 is 1.51. The van der Waals surface area contributed by atoms with E-state index in [1.807, 2.05) is 26.6 Å². The number of piperazine rings is 1. The fourth-order valence-corrected chi connectivity index (χ4v) is 3.24. The molecule has 5 nitrogen and oxygen atoms in total. The summed E-state index contributed by atoms with van der Waals surface area (Å²) in [5, 5.41) is 6.49. The van der Waals surface area contributed by atoms with Gasteiger partial charge in [0.25, 0.3) is 5.91 Å². The predicted octanol–water partition coefficient (Wildman–Crippen LogP) is 2.28. The number of thiophene rings is 1. The van der Waals surface area contributed by atoms with Crippen molar-refractivity contribution in [2.24, 2.45) is 0 Å². The van der Waals surface area contributed by atoms with E-state index >= 15 is 0 Å². The third-order valence-electron chi connectivity index (χ3n) is 3.92. The maximum absolute atomic E-state index is 12.8. The Hall–Kier alpha value is -2.25. The zero-order chi connectivity index (χ0) is 16.9. The lowest BCUT2D eigenvalue weighted by Crippen LogP contribution is -2.50. The number of nitrogens with zero attached hydrogens (tertiary/aromatic N) is 2. The Balaban J connectivity index is 1.46. The van der Waals surface area contributed by atoms with Gasteiger partial charge in [0, 0.05) is 37.2 Å². The second-order valence-electron chi connectivity index (χ2n) is 5.64. The van der Waals surface area contributed by atoms with Crippen LogP contribution in [0.3, 0.4) is 0 Å². The minimum atomic E-state index is -0.334. The lowest BCUT2D eigenvalue weighted by atomic mass is 10.2. The molecule has 1 saturated heterocycles. The first-order valence-corrected chi connectivity index (χ1v) is 8.65. The van der Waals surface area contributed by atoms with E-state index in [1.165, 1.54) is 35.6 Å². The zero-order valence-corrected chi connectivity index (χ0v) is 13.9. The van der Waals surface area contributed by atoms with Crippen molar-refractivity contribution in [3.8, 4) is 0 Å². The van der Waals surface area contributed by atoms with Crippen molar-refractivity contribution in [1.82, 2.24) is 9.80 Å². The van der Waals surface area contributed by atoms with Gasteiger partial charge in [-0.15, -0.1) is 0 Å². The molecule has 0 aliphatic carbocycles. The summed E-state index contributed by atoms with van der Waals surface area (Å²) in [5.41, 5.74) is 1.30. The predicted molar refractivity (Wildman–Crippen MR) is 91.7 cm³/mol. The lowest BCUT2D eigenvalue weighted by molar-refractivity contribution is -0.117. The molecule has 1 aliphatic rings. The molecular formula is C17H18FN3O2S. The van der Waals surface area contributed by atoms with Crippen molar-refractivity contribution in [3.05, 3.63) is 52.5 Å². The van der Waals surface area contributed by atoms with Crippen molar-refractivity contribution in [1.29, 1.82) is 0 Å². The molecule has 0 atom stereocenters. The zero-order valence-electron chi connectivity index (χ0n) is 13.1. The molecule has 3 rings (SSSR count). The van der Waals surface area contributed by atoms with Crippen molar-refractivity contribution in [2.45, 2.75) is 0 Å². The summed E-state index contributed by atoms with van der Waals surface area (Å²) in [4.78, 5) is 28.1. The highest BCUT2D eigenvalue weighted by atomic mass is 32.1. The Morgan fingerprint density at radius 3 is 2.42 bits per heavy atom. The third kappa shape index (κ3) is 4.18. The van der Waals surface area contributed by atoms with E-state index in [-0.39, 0.29) is 24.2 Å². The Morgan fingerprint density at radius 1 is 1.08 bits per heavy atom. The molecule has 2 amide bonds. The molecular weight excluding hydrogens is 329 g/mol. The van der Waals surface area contributed by atoms with Crippen LogP contribution < -0.4 is 5.32 Å². The second-order valence-corrected chi connectivity index (χ2v) is 6.42. The van der Waals surface area contributed by atoms with Gasteiger partial charge in [-0.25, -0.2) is 4.39 Å². The van der Waals surface area contributed by atoms with E-state index in [1.54, 1.807) is 0 Å². The van der Waals surface area contributed by atoms with Crippen LogP contribution in [0.5, 0.6) is 0 Å². The molecule has 1 aliphatic heterocycles. The van der Waals surface area contributed by atoms with Crippen LogP contribution in [-0.4, -0.2) is 54.3 Å². The quantitative estimate of drug-likeness (QED) is 0.923. The van der Waals surface area contributed by atoms with Gasteiger partial charge >= 0.3 is 0 Å². The van der Waals surface area contributed by atoms with Crippen LogP contribution in [0.2, 0.25) is 0 Å². The molecule has 0 radical (unpaired) electrons. The van der Waals surface area contributed by atoms with E-state index in [4.69, 9.17) is 0 Å². The number of amides is 2. The molecule has 1 fully saturated rings. The molecule has 24 heavy (non-hydrogen) atoms. The standard InChI is InChI=1S/C17H18FN3O2S/c18-14-1-3-15(4-2-14)19-16(22)11-20-6-8-21(9-7-20)17(23)13-5-10-24-12-13/h1-5,10,12H,6-9,11H2,(H,19,22). The number of nitrogens with one attached hydrogen (secondary N) is 1. The first kappa shape index (κ1) is 16.6. The Morgan fingerprint density at radius 2 is 1.79 bits per heavy atom. The molecule has 0 saturated carbocycles. The molecule has 0 spiro atoms. The topological polar surface area (TPSA) is 52.7 Å². The van der Waals surface area contributed by atoms with E-state index in [9.17, 15) is 14.0 Å². The Bertz CT molecular complexity index is 695. The van der Waals surface area contributed by atoms with Gasteiger partial charge in [0.15, 0.2) is 0 Å². The summed E-state index contributed by atoms with van der Waals surface area (Å²) in [6, 6.07) is 7.51. The maximum atomic E-state index is 12.8. The highest BCUT2D eigenvalue weighted by molar-refractivity contribution is 7.08. The van der Waals surface area contributed by atoms with Gasteiger partial charge < -0.3 is 10.2 Å². The normalized spacial score (nSPS) is 15.3. The van der Waals surface area contributed by atoms with E-state index in [0.717, 1.165) is 5.56 Å². The number of rotatable bonds is 4. The minimum Gasteiger partial charge on any atom is -0.336 e. The fraction of sp³-hybridized carbons (Fsp3) is 0.294.